The molecular formula is C23H19BrN4O3. The first-order chi connectivity index (χ1) is 15.0. The van der Waals surface area contributed by atoms with E-state index in [0.29, 0.717) is 17.6 Å². The van der Waals surface area contributed by atoms with E-state index < -0.39 is 11.2 Å². The minimum Gasteiger partial charge on any atom is -0.325 e. The lowest BCUT2D eigenvalue weighted by Crippen LogP contribution is -2.42. The zero-order valence-electron chi connectivity index (χ0n) is 16.5. The molecule has 7 nitrogen and oxygen atoms in total. The maximum Gasteiger partial charge on any atom is 0.332 e. The van der Waals surface area contributed by atoms with Gasteiger partial charge in [0.05, 0.1) is 5.52 Å². The highest BCUT2D eigenvalue weighted by atomic mass is 79.9. The molecule has 0 saturated heterocycles. The van der Waals surface area contributed by atoms with Gasteiger partial charge >= 0.3 is 5.69 Å². The number of halogens is 1. The number of pyridine rings is 1. The lowest BCUT2D eigenvalue weighted by molar-refractivity contribution is -0.116. The summed E-state index contributed by atoms with van der Waals surface area (Å²) in [4.78, 5) is 42.9. The molecule has 0 radical (unpaired) electrons. The fourth-order valence-electron chi connectivity index (χ4n) is 3.36. The van der Waals surface area contributed by atoms with Crippen molar-refractivity contribution >= 4 is 38.6 Å². The van der Waals surface area contributed by atoms with Crippen molar-refractivity contribution in [2.24, 2.45) is 0 Å². The molecular weight excluding hydrogens is 460 g/mol. The SMILES string of the molecule is O=C(Cn1c(=O)n(CCc2ccccc2)c(=O)c2ncccc21)Nc1ccc(Br)cc1. The molecule has 0 atom stereocenters. The summed E-state index contributed by atoms with van der Waals surface area (Å²) in [7, 11) is 0. The topological polar surface area (TPSA) is 86.0 Å². The van der Waals surface area contributed by atoms with Crippen molar-refractivity contribution in [3.63, 3.8) is 0 Å². The largest absolute Gasteiger partial charge is 0.332 e. The first-order valence-corrected chi connectivity index (χ1v) is 10.5. The number of aryl methyl sites for hydroxylation is 1. The predicted octanol–water partition coefficient (Wildman–Crippen LogP) is 3.20. The van der Waals surface area contributed by atoms with Gasteiger partial charge in [-0.25, -0.2) is 9.78 Å². The van der Waals surface area contributed by atoms with Crippen LogP contribution < -0.4 is 16.6 Å². The second kappa shape index (κ2) is 9.09. The van der Waals surface area contributed by atoms with Crippen LogP contribution in [-0.2, 0) is 24.3 Å². The first kappa shape index (κ1) is 20.7. The third-order valence-electron chi connectivity index (χ3n) is 4.88. The maximum atomic E-state index is 13.2. The molecule has 0 spiro atoms. The second-order valence-electron chi connectivity index (χ2n) is 6.99. The number of carbonyl (C=O) groups excluding carboxylic acids is 1. The van der Waals surface area contributed by atoms with Crippen LogP contribution in [-0.4, -0.2) is 20.0 Å². The zero-order chi connectivity index (χ0) is 21.8. The highest BCUT2D eigenvalue weighted by Crippen LogP contribution is 2.14. The van der Waals surface area contributed by atoms with E-state index in [4.69, 9.17) is 0 Å². The van der Waals surface area contributed by atoms with Crippen molar-refractivity contribution in [1.82, 2.24) is 14.1 Å². The molecule has 1 amide bonds. The molecule has 0 fully saturated rings. The lowest BCUT2D eigenvalue weighted by Gasteiger charge is -2.14. The molecule has 2 aromatic heterocycles. The van der Waals surface area contributed by atoms with Crippen LogP contribution in [0.15, 0.2) is 87.0 Å². The Hall–Kier alpha value is -3.52. The summed E-state index contributed by atoms with van der Waals surface area (Å²) in [6, 6.07) is 20.0. The molecule has 0 aliphatic rings. The molecule has 4 aromatic rings. The van der Waals surface area contributed by atoms with E-state index in [2.05, 4.69) is 26.2 Å². The van der Waals surface area contributed by atoms with Gasteiger partial charge in [-0.3, -0.25) is 18.7 Å². The number of anilines is 1. The average Bonchev–Trinajstić information content (AvgIpc) is 2.79. The van der Waals surface area contributed by atoms with E-state index in [0.717, 1.165) is 14.6 Å². The van der Waals surface area contributed by atoms with Crippen molar-refractivity contribution in [1.29, 1.82) is 0 Å². The molecule has 4 rings (SSSR count). The molecule has 1 N–H and O–H groups in total. The Labute approximate surface area is 186 Å². The van der Waals surface area contributed by atoms with Crippen LogP contribution in [0.25, 0.3) is 11.0 Å². The van der Waals surface area contributed by atoms with Crippen LogP contribution in [0.1, 0.15) is 5.56 Å². The zero-order valence-corrected chi connectivity index (χ0v) is 18.1. The van der Waals surface area contributed by atoms with E-state index in [9.17, 15) is 14.4 Å². The number of nitrogens with zero attached hydrogens (tertiary/aromatic N) is 3. The normalized spacial score (nSPS) is 10.9. The van der Waals surface area contributed by atoms with Crippen LogP contribution in [0, 0.1) is 0 Å². The molecule has 31 heavy (non-hydrogen) atoms. The van der Waals surface area contributed by atoms with Gasteiger partial charge in [0.15, 0.2) is 5.52 Å². The molecule has 0 aliphatic carbocycles. The predicted molar refractivity (Wildman–Crippen MR) is 123 cm³/mol. The molecule has 2 heterocycles. The second-order valence-corrected chi connectivity index (χ2v) is 7.90. The molecule has 0 unspecified atom stereocenters. The summed E-state index contributed by atoms with van der Waals surface area (Å²) < 4.78 is 3.34. The Bertz CT molecular complexity index is 1350. The smallest absolute Gasteiger partial charge is 0.325 e. The number of aromatic nitrogens is 3. The summed E-state index contributed by atoms with van der Waals surface area (Å²) in [6.45, 7) is -0.0365. The van der Waals surface area contributed by atoms with Gasteiger partial charge in [-0.1, -0.05) is 46.3 Å². The van der Waals surface area contributed by atoms with Crippen molar-refractivity contribution in [3.05, 3.63) is 104 Å². The van der Waals surface area contributed by atoms with Crippen molar-refractivity contribution in [2.75, 3.05) is 5.32 Å². The van der Waals surface area contributed by atoms with E-state index in [1.54, 1.807) is 24.3 Å². The van der Waals surface area contributed by atoms with Gasteiger partial charge in [0.25, 0.3) is 5.56 Å². The van der Waals surface area contributed by atoms with E-state index in [-0.39, 0.29) is 24.5 Å². The van der Waals surface area contributed by atoms with Crippen LogP contribution in [0.4, 0.5) is 5.69 Å². The minimum atomic E-state index is -0.535. The number of hydrogen-bond donors (Lipinski definition) is 1. The lowest BCUT2D eigenvalue weighted by atomic mass is 10.1. The standard InChI is InChI=1S/C23H19BrN4O3/c24-17-8-10-18(11-9-17)26-20(29)15-28-19-7-4-13-25-21(19)22(30)27(23(28)31)14-12-16-5-2-1-3-6-16/h1-11,13H,12,14-15H2,(H,26,29). The Morgan fingerprint density at radius 1 is 0.935 bits per heavy atom. The quantitative estimate of drug-likeness (QED) is 0.460. The van der Waals surface area contributed by atoms with Gasteiger partial charge in [-0.05, 0) is 48.4 Å². The van der Waals surface area contributed by atoms with Gasteiger partial charge in [-0.2, -0.15) is 0 Å². The van der Waals surface area contributed by atoms with Crippen LogP contribution in [0.2, 0.25) is 0 Å². The third kappa shape index (κ3) is 4.64. The van der Waals surface area contributed by atoms with Gasteiger partial charge in [0.2, 0.25) is 5.91 Å². The number of amides is 1. The summed E-state index contributed by atoms with van der Waals surface area (Å²) in [5.74, 6) is -0.372. The Morgan fingerprint density at radius 3 is 2.42 bits per heavy atom. The Balaban J connectivity index is 1.68. The number of rotatable bonds is 6. The minimum absolute atomic E-state index is 0.159. The van der Waals surface area contributed by atoms with E-state index in [1.165, 1.54) is 10.8 Å². The van der Waals surface area contributed by atoms with Crippen LogP contribution in [0.3, 0.4) is 0 Å². The molecule has 2 aromatic carbocycles. The van der Waals surface area contributed by atoms with Gasteiger partial charge in [-0.15, -0.1) is 0 Å². The number of benzene rings is 2. The number of carbonyl (C=O) groups is 1. The molecule has 0 saturated carbocycles. The molecule has 0 bridgehead atoms. The van der Waals surface area contributed by atoms with Crippen molar-refractivity contribution in [3.8, 4) is 0 Å². The summed E-state index contributed by atoms with van der Waals surface area (Å²) >= 11 is 3.35. The van der Waals surface area contributed by atoms with Crippen molar-refractivity contribution in [2.45, 2.75) is 19.5 Å². The van der Waals surface area contributed by atoms with Gasteiger partial charge in [0.1, 0.15) is 6.54 Å². The van der Waals surface area contributed by atoms with Gasteiger partial charge < -0.3 is 5.32 Å². The summed E-state index contributed by atoms with van der Waals surface area (Å²) in [6.07, 6.45) is 2.02. The summed E-state index contributed by atoms with van der Waals surface area (Å²) in [5.41, 5.74) is 1.12. The maximum absolute atomic E-state index is 13.2. The number of nitrogens with one attached hydrogen (secondary N) is 1. The monoisotopic (exact) mass is 478 g/mol. The Kier molecular flexibility index (Phi) is 6.08. The van der Waals surface area contributed by atoms with E-state index >= 15 is 0 Å². The Morgan fingerprint density at radius 2 is 1.68 bits per heavy atom. The van der Waals surface area contributed by atoms with Crippen LogP contribution >= 0.6 is 15.9 Å². The highest BCUT2D eigenvalue weighted by Gasteiger charge is 2.16. The van der Waals surface area contributed by atoms with Crippen LogP contribution in [0.5, 0.6) is 0 Å². The fourth-order valence-corrected chi connectivity index (χ4v) is 3.62. The van der Waals surface area contributed by atoms with Crippen molar-refractivity contribution < 1.29 is 4.79 Å². The van der Waals surface area contributed by atoms with E-state index in [1.807, 2.05) is 42.5 Å². The number of fused-ring (bicyclic) bond motifs is 1. The number of hydrogen-bond acceptors (Lipinski definition) is 4. The molecule has 0 aliphatic heterocycles. The third-order valence-corrected chi connectivity index (χ3v) is 5.41. The molecule has 156 valence electrons. The molecule has 8 heteroatoms. The average molecular weight is 479 g/mol. The summed E-state index contributed by atoms with van der Waals surface area (Å²) in [5, 5.41) is 2.77. The fraction of sp³-hybridized carbons (Fsp3) is 0.130. The highest BCUT2D eigenvalue weighted by molar-refractivity contribution is 9.10. The van der Waals surface area contributed by atoms with Gasteiger partial charge in [0, 0.05) is 22.9 Å². The first-order valence-electron chi connectivity index (χ1n) is 9.70.